The van der Waals surface area contributed by atoms with Crippen molar-refractivity contribution in [2.24, 2.45) is 5.92 Å². The summed E-state index contributed by atoms with van der Waals surface area (Å²) in [5.74, 6) is 0.703. The third kappa shape index (κ3) is 2.36. The molecule has 2 aliphatic heterocycles. The number of pyridine rings is 1. The van der Waals surface area contributed by atoms with Crippen molar-refractivity contribution in [3.8, 4) is 0 Å². The van der Waals surface area contributed by atoms with E-state index in [1.165, 1.54) is 0 Å². The number of hydrogen-bond donors (Lipinski definition) is 0. The Balaban J connectivity index is 1.56. The number of hydrogen-bond acceptors (Lipinski definition) is 6. The van der Waals surface area contributed by atoms with Gasteiger partial charge in [-0.2, -0.15) is 4.98 Å². The molecule has 0 saturated carbocycles. The Hall–Kier alpha value is -1.99. The molecular formula is C15H18N4O3. The second kappa shape index (κ2) is 5.33. The minimum atomic E-state index is -0.111. The van der Waals surface area contributed by atoms with E-state index in [9.17, 15) is 4.79 Å². The molecule has 116 valence electrons. The highest BCUT2D eigenvalue weighted by molar-refractivity contribution is 5.80. The molecule has 2 aromatic heterocycles. The molecule has 0 aliphatic carbocycles. The van der Waals surface area contributed by atoms with Gasteiger partial charge in [0.1, 0.15) is 0 Å². The lowest BCUT2D eigenvalue weighted by Crippen LogP contribution is -2.42. The topological polar surface area (TPSA) is 71.7 Å². The van der Waals surface area contributed by atoms with E-state index in [4.69, 9.17) is 9.15 Å². The maximum Gasteiger partial charge on any atom is 0.229 e. The second-order valence-electron chi connectivity index (χ2n) is 5.96. The summed E-state index contributed by atoms with van der Waals surface area (Å²) in [7, 11) is 1.86. The van der Waals surface area contributed by atoms with E-state index in [2.05, 4.69) is 14.9 Å². The zero-order valence-electron chi connectivity index (χ0n) is 12.4. The Morgan fingerprint density at radius 1 is 1.36 bits per heavy atom. The summed E-state index contributed by atoms with van der Waals surface area (Å²) in [6.07, 6.45) is 1.70. The number of oxazole rings is 1. The van der Waals surface area contributed by atoms with E-state index >= 15 is 0 Å². The lowest BCUT2D eigenvalue weighted by Gasteiger charge is -2.28. The van der Waals surface area contributed by atoms with Crippen LogP contribution in [0.25, 0.3) is 11.2 Å². The molecule has 1 amide bonds. The third-order valence-electron chi connectivity index (χ3n) is 4.39. The van der Waals surface area contributed by atoms with Crippen LogP contribution < -0.4 is 0 Å². The summed E-state index contributed by atoms with van der Waals surface area (Å²) >= 11 is 0. The lowest BCUT2D eigenvalue weighted by atomic mass is 10.1. The number of nitrogens with zero attached hydrogens (tertiary/aromatic N) is 4. The van der Waals surface area contributed by atoms with Crippen LogP contribution in [0.5, 0.6) is 0 Å². The van der Waals surface area contributed by atoms with Crippen LogP contribution in [0, 0.1) is 5.92 Å². The molecule has 0 spiro atoms. The Bertz CT molecular complexity index is 668. The lowest BCUT2D eigenvalue weighted by molar-refractivity contribution is -0.134. The van der Waals surface area contributed by atoms with Gasteiger partial charge in [0, 0.05) is 26.3 Å². The maximum absolute atomic E-state index is 12.3. The van der Waals surface area contributed by atoms with Crippen molar-refractivity contribution in [2.75, 3.05) is 33.4 Å². The molecule has 0 aromatic carbocycles. The van der Waals surface area contributed by atoms with Gasteiger partial charge >= 0.3 is 0 Å². The number of fused-ring (bicyclic) bond motifs is 4. The smallest absolute Gasteiger partial charge is 0.229 e. The molecule has 7 nitrogen and oxygen atoms in total. The average molecular weight is 302 g/mol. The largest absolute Gasteiger partial charge is 0.438 e. The summed E-state index contributed by atoms with van der Waals surface area (Å²) in [5.41, 5.74) is 1.33. The van der Waals surface area contributed by atoms with E-state index in [0.29, 0.717) is 43.4 Å². The summed E-state index contributed by atoms with van der Waals surface area (Å²) in [6.45, 7) is 3.11. The number of carbonyl (C=O) groups excluding carboxylic acids is 1. The third-order valence-corrected chi connectivity index (χ3v) is 4.39. The molecule has 2 bridgehead atoms. The van der Waals surface area contributed by atoms with Crippen molar-refractivity contribution >= 4 is 17.1 Å². The molecule has 2 aliphatic rings. The van der Waals surface area contributed by atoms with Crippen molar-refractivity contribution in [1.29, 1.82) is 0 Å². The number of carbonyl (C=O) groups is 1. The number of likely N-dealkylation sites (N-methyl/N-ethyl adjacent to an activating group) is 1. The van der Waals surface area contributed by atoms with Gasteiger partial charge in [-0.3, -0.25) is 9.69 Å². The van der Waals surface area contributed by atoms with Crippen LogP contribution in [-0.2, 0) is 16.1 Å². The fraction of sp³-hybridized carbons (Fsp3) is 0.533. The number of aromatic nitrogens is 2. The molecule has 0 N–H and O–H groups in total. The molecule has 4 rings (SSSR count). The average Bonchev–Trinajstić information content (AvgIpc) is 2.80. The van der Waals surface area contributed by atoms with Gasteiger partial charge in [-0.15, -0.1) is 0 Å². The first-order chi connectivity index (χ1) is 10.7. The molecule has 4 heterocycles. The second-order valence-corrected chi connectivity index (χ2v) is 5.96. The fourth-order valence-corrected chi connectivity index (χ4v) is 3.19. The van der Waals surface area contributed by atoms with E-state index in [-0.39, 0.29) is 17.9 Å². The van der Waals surface area contributed by atoms with Gasteiger partial charge in [0.2, 0.25) is 11.8 Å². The minimum Gasteiger partial charge on any atom is -0.438 e. The Morgan fingerprint density at radius 3 is 3.14 bits per heavy atom. The van der Waals surface area contributed by atoms with Gasteiger partial charge in [0.15, 0.2) is 11.2 Å². The van der Waals surface area contributed by atoms with E-state index in [0.717, 1.165) is 6.54 Å². The number of rotatable bonds is 2. The van der Waals surface area contributed by atoms with Crippen LogP contribution in [0.2, 0.25) is 0 Å². The predicted octanol–water partition coefficient (Wildman–Crippen LogP) is 0.512. The summed E-state index contributed by atoms with van der Waals surface area (Å²) in [5, 5.41) is 0. The van der Waals surface area contributed by atoms with Gasteiger partial charge in [-0.25, -0.2) is 4.98 Å². The highest BCUT2D eigenvalue weighted by atomic mass is 16.5. The van der Waals surface area contributed by atoms with Crippen LogP contribution in [-0.4, -0.2) is 65.1 Å². The number of amides is 1. The van der Waals surface area contributed by atoms with Gasteiger partial charge in [-0.1, -0.05) is 0 Å². The monoisotopic (exact) mass is 302 g/mol. The van der Waals surface area contributed by atoms with Crippen molar-refractivity contribution in [3.05, 3.63) is 24.2 Å². The van der Waals surface area contributed by atoms with Gasteiger partial charge in [0.25, 0.3) is 0 Å². The Kier molecular flexibility index (Phi) is 3.31. The zero-order valence-corrected chi connectivity index (χ0v) is 12.4. The molecule has 7 heteroatoms. The summed E-state index contributed by atoms with van der Waals surface area (Å²) in [4.78, 5) is 25.0. The van der Waals surface area contributed by atoms with Crippen LogP contribution >= 0.6 is 0 Å². The molecular weight excluding hydrogens is 284 g/mol. The fourth-order valence-electron chi connectivity index (χ4n) is 3.19. The first-order valence-electron chi connectivity index (χ1n) is 7.48. The van der Waals surface area contributed by atoms with Gasteiger partial charge < -0.3 is 14.1 Å². The van der Waals surface area contributed by atoms with Crippen LogP contribution in [0.15, 0.2) is 22.7 Å². The molecule has 2 aromatic rings. The maximum atomic E-state index is 12.3. The van der Waals surface area contributed by atoms with Crippen LogP contribution in [0.1, 0.15) is 5.89 Å². The molecule has 2 fully saturated rings. The highest BCUT2D eigenvalue weighted by Crippen LogP contribution is 2.22. The quantitative estimate of drug-likeness (QED) is 0.805. The van der Waals surface area contributed by atoms with E-state index in [1.54, 1.807) is 6.20 Å². The first-order valence-corrected chi connectivity index (χ1v) is 7.48. The normalized spacial score (nSPS) is 26.4. The van der Waals surface area contributed by atoms with Gasteiger partial charge in [-0.05, 0) is 12.1 Å². The minimum absolute atomic E-state index is 0.0857. The highest BCUT2D eigenvalue weighted by Gasteiger charge is 2.37. The van der Waals surface area contributed by atoms with Crippen molar-refractivity contribution in [2.45, 2.75) is 12.6 Å². The van der Waals surface area contributed by atoms with Gasteiger partial charge in [0.05, 0.1) is 31.7 Å². The molecule has 2 atom stereocenters. The van der Waals surface area contributed by atoms with Crippen LogP contribution in [0.4, 0.5) is 0 Å². The standard InChI is InChI=1S/C15H18N4O3/c1-18-11-6-19(5-10(15(18)20)8-21-9-11)7-13-17-14-12(22-13)3-2-4-16-14/h2-4,10-11H,5-9H2,1H3/t10-,11+/m1/s1. The Morgan fingerprint density at radius 2 is 2.27 bits per heavy atom. The molecule has 0 radical (unpaired) electrons. The van der Waals surface area contributed by atoms with E-state index < -0.39 is 0 Å². The SMILES string of the molecule is CN1C(=O)[C@H]2COC[C@@H]1CN(Cc1nc3ncccc3o1)C2. The van der Waals surface area contributed by atoms with Crippen molar-refractivity contribution in [3.63, 3.8) is 0 Å². The summed E-state index contributed by atoms with van der Waals surface area (Å²) in [6, 6.07) is 3.78. The predicted molar refractivity (Wildman–Crippen MR) is 77.9 cm³/mol. The van der Waals surface area contributed by atoms with Crippen LogP contribution in [0.3, 0.4) is 0 Å². The van der Waals surface area contributed by atoms with Crippen molar-refractivity contribution in [1.82, 2.24) is 19.8 Å². The zero-order chi connectivity index (χ0) is 15.1. The van der Waals surface area contributed by atoms with E-state index in [1.807, 2.05) is 24.1 Å². The molecule has 0 unspecified atom stereocenters. The van der Waals surface area contributed by atoms with Crippen molar-refractivity contribution < 1.29 is 13.9 Å². The number of ether oxygens (including phenoxy) is 1. The molecule has 2 saturated heterocycles. The molecule has 22 heavy (non-hydrogen) atoms. The summed E-state index contributed by atoms with van der Waals surface area (Å²) < 4.78 is 11.4. The first kappa shape index (κ1) is 13.7. The Labute approximate surface area is 127 Å².